The zero-order chi connectivity index (χ0) is 22.2. The van der Waals surface area contributed by atoms with Gasteiger partial charge >= 0.3 is 0 Å². The molecule has 0 amide bonds. The molecule has 0 atom stereocenters. The predicted molar refractivity (Wildman–Crippen MR) is 126 cm³/mol. The summed E-state index contributed by atoms with van der Waals surface area (Å²) in [4.78, 5) is 8.19. The third-order valence-electron chi connectivity index (χ3n) is 6.81. The third kappa shape index (κ3) is 2.08. The first-order valence-corrected chi connectivity index (χ1v) is 10.5. The monoisotopic (exact) mass is 413 g/mol. The number of hydrogen-bond donors (Lipinski definition) is 0. The molecular formula is C27H19N5. The van der Waals surface area contributed by atoms with Crippen LogP contribution in [0.4, 0.5) is 5.82 Å². The minimum absolute atomic E-state index is 0.151. The van der Waals surface area contributed by atoms with Crippen molar-refractivity contribution in [2.45, 2.75) is 19.3 Å². The normalized spacial score (nSPS) is 13.7. The van der Waals surface area contributed by atoms with E-state index in [-0.39, 0.29) is 16.9 Å². The Kier molecular flexibility index (Phi) is 3.51. The average Bonchev–Trinajstić information content (AvgIpc) is 3.39. The molecule has 32 heavy (non-hydrogen) atoms. The number of hydrogen-bond acceptors (Lipinski definition) is 2. The van der Waals surface area contributed by atoms with Crippen LogP contribution in [-0.2, 0) is 12.5 Å². The summed E-state index contributed by atoms with van der Waals surface area (Å²) < 4.78 is 3.86. The van der Waals surface area contributed by atoms with Crippen molar-refractivity contribution in [3.8, 4) is 23.1 Å². The molecule has 0 fully saturated rings. The maximum atomic E-state index is 9.59. The van der Waals surface area contributed by atoms with E-state index in [0.717, 1.165) is 21.8 Å². The summed E-state index contributed by atoms with van der Waals surface area (Å²) in [6, 6.07) is 23.3. The smallest absolute Gasteiger partial charge is 0.290 e. The highest BCUT2D eigenvalue weighted by Gasteiger charge is 2.39. The summed E-state index contributed by atoms with van der Waals surface area (Å²) in [6.07, 6.45) is 0. The molecule has 1 aliphatic carbocycles. The first-order chi connectivity index (χ1) is 15.5. The van der Waals surface area contributed by atoms with E-state index in [0.29, 0.717) is 5.95 Å². The van der Waals surface area contributed by atoms with Crippen LogP contribution in [0.15, 0.2) is 60.7 Å². The third-order valence-corrected chi connectivity index (χ3v) is 6.81. The van der Waals surface area contributed by atoms with Crippen LogP contribution in [0.5, 0.6) is 0 Å². The Morgan fingerprint density at radius 1 is 0.969 bits per heavy atom. The van der Waals surface area contributed by atoms with E-state index in [1.807, 2.05) is 12.1 Å². The van der Waals surface area contributed by atoms with Crippen LogP contribution in [-0.4, -0.2) is 14.1 Å². The lowest BCUT2D eigenvalue weighted by molar-refractivity contribution is 0.663. The van der Waals surface area contributed by atoms with Gasteiger partial charge in [-0.1, -0.05) is 75.0 Å². The quantitative estimate of drug-likeness (QED) is 0.305. The van der Waals surface area contributed by atoms with Gasteiger partial charge in [0, 0.05) is 16.2 Å². The van der Waals surface area contributed by atoms with Crippen LogP contribution in [0, 0.1) is 17.9 Å². The Morgan fingerprint density at radius 2 is 1.72 bits per heavy atom. The van der Waals surface area contributed by atoms with Gasteiger partial charge in [0.25, 0.3) is 11.8 Å². The number of rotatable bonds is 1. The maximum Gasteiger partial charge on any atom is 0.290 e. The fourth-order valence-electron chi connectivity index (χ4n) is 5.40. The molecule has 5 nitrogen and oxygen atoms in total. The van der Waals surface area contributed by atoms with Gasteiger partial charge in [0.15, 0.2) is 5.69 Å². The fraction of sp³-hybridized carbons (Fsp3) is 0.148. The van der Waals surface area contributed by atoms with Crippen LogP contribution in [0.25, 0.3) is 43.7 Å². The first kappa shape index (κ1) is 18.4. The summed E-state index contributed by atoms with van der Waals surface area (Å²) in [5.74, 6) is 0.836. The van der Waals surface area contributed by atoms with Gasteiger partial charge in [-0.2, -0.15) is 10.2 Å². The Labute approximate surface area is 185 Å². The predicted octanol–water partition coefficient (Wildman–Crippen LogP) is 6.25. The SMILES string of the molecule is [C-]#[N+]c1c(C#N)nc(-n2c3ccccc3c3ccc4c(c32)C(C)(C)c2ccccc2-4)n1C. The summed E-state index contributed by atoms with van der Waals surface area (Å²) >= 11 is 0. The molecule has 0 unspecified atom stereocenters. The highest BCUT2D eigenvalue weighted by Crippen LogP contribution is 2.52. The molecule has 1 aliphatic rings. The molecule has 0 saturated heterocycles. The van der Waals surface area contributed by atoms with Gasteiger partial charge in [0.05, 0.1) is 18.1 Å². The van der Waals surface area contributed by atoms with Crippen molar-refractivity contribution < 1.29 is 0 Å². The van der Waals surface area contributed by atoms with E-state index in [9.17, 15) is 5.26 Å². The standard InChI is InChI=1S/C27H19N5/c1-27(2)20-11-7-5-9-16(20)18-13-14-19-17-10-6-8-12-22(17)32(24(19)23(18)27)26-30-21(15-28)25(29-3)31(26)4/h5-14H,1-2,4H3. The molecule has 5 aromatic rings. The fourth-order valence-corrected chi connectivity index (χ4v) is 5.40. The lowest BCUT2D eigenvalue weighted by atomic mass is 9.81. The van der Waals surface area contributed by atoms with Gasteiger partial charge in [0.2, 0.25) is 0 Å². The molecule has 0 radical (unpaired) electrons. The maximum absolute atomic E-state index is 9.59. The molecule has 0 saturated carbocycles. The Hall–Kier alpha value is -4.35. The number of imidazole rings is 1. The summed E-state index contributed by atoms with van der Waals surface area (Å²) in [5, 5.41) is 11.9. The van der Waals surface area contributed by atoms with Crippen molar-refractivity contribution >= 4 is 27.6 Å². The van der Waals surface area contributed by atoms with E-state index >= 15 is 0 Å². The van der Waals surface area contributed by atoms with Crippen molar-refractivity contribution in [3.63, 3.8) is 0 Å². The van der Waals surface area contributed by atoms with Crippen LogP contribution in [0.2, 0.25) is 0 Å². The second-order valence-corrected chi connectivity index (χ2v) is 8.77. The van der Waals surface area contributed by atoms with Crippen LogP contribution in [0.3, 0.4) is 0 Å². The molecule has 0 aliphatic heterocycles. The Morgan fingerprint density at radius 3 is 2.47 bits per heavy atom. The molecule has 0 spiro atoms. The zero-order valence-corrected chi connectivity index (χ0v) is 18.0. The summed E-state index contributed by atoms with van der Waals surface area (Å²) in [6.45, 7) is 12.1. The number of nitrogens with zero attached hydrogens (tertiary/aromatic N) is 5. The van der Waals surface area contributed by atoms with Gasteiger partial charge in [-0.05, 0) is 28.3 Å². The molecule has 0 bridgehead atoms. The molecule has 2 heterocycles. The van der Waals surface area contributed by atoms with Gasteiger partial charge in [-0.15, -0.1) is 0 Å². The van der Waals surface area contributed by atoms with Crippen molar-refractivity contribution in [2.24, 2.45) is 7.05 Å². The number of aromatic nitrogens is 3. The molecule has 152 valence electrons. The molecule has 0 N–H and O–H groups in total. The number of para-hydroxylation sites is 1. The van der Waals surface area contributed by atoms with Crippen molar-refractivity contribution in [3.05, 3.63) is 88.9 Å². The average molecular weight is 413 g/mol. The highest BCUT2D eigenvalue weighted by molar-refractivity contribution is 6.12. The first-order valence-electron chi connectivity index (χ1n) is 10.5. The molecule has 3 aromatic carbocycles. The Balaban J connectivity index is 1.85. The van der Waals surface area contributed by atoms with Gasteiger partial charge in [0.1, 0.15) is 6.07 Å². The largest absolute Gasteiger partial charge is 0.361 e. The van der Waals surface area contributed by atoms with Crippen LogP contribution >= 0.6 is 0 Å². The van der Waals surface area contributed by atoms with E-state index in [1.54, 1.807) is 11.6 Å². The van der Waals surface area contributed by atoms with Gasteiger partial charge in [-0.3, -0.25) is 9.13 Å². The Bertz CT molecular complexity index is 1680. The minimum Gasteiger partial charge on any atom is -0.361 e. The van der Waals surface area contributed by atoms with Crippen molar-refractivity contribution in [2.75, 3.05) is 0 Å². The van der Waals surface area contributed by atoms with E-state index in [1.165, 1.54) is 22.3 Å². The van der Waals surface area contributed by atoms with Crippen molar-refractivity contribution in [1.82, 2.24) is 14.1 Å². The molecular weight excluding hydrogens is 394 g/mol. The van der Waals surface area contributed by atoms with E-state index in [4.69, 9.17) is 6.57 Å². The van der Waals surface area contributed by atoms with Gasteiger partial charge < -0.3 is 4.85 Å². The van der Waals surface area contributed by atoms with E-state index < -0.39 is 0 Å². The number of fused-ring (bicyclic) bond motifs is 7. The number of benzene rings is 3. The highest BCUT2D eigenvalue weighted by atomic mass is 15.3. The number of nitriles is 1. The van der Waals surface area contributed by atoms with Gasteiger partial charge in [-0.25, -0.2) is 0 Å². The molecule has 5 heteroatoms. The van der Waals surface area contributed by atoms with E-state index in [2.05, 4.69) is 82.8 Å². The second-order valence-electron chi connectivity index (χ2n) is 8.77. The van der Waals surface area contributed by atoms with Crippen LogP contribution < -0.4 is 0 Å². The minimum atomic E-state index is -0.205. The lowest BCUT2D eigenvalue weighted by Crippen LogP contribution is -2.17. The van der Waals surface area contributed by atoms with Crippen molar-refractivity contribution in [1.29, 1.82) is 5.26 Å². The lowest BCUT2D eigenvalue weighted by Gasteiger charge is -2.23. The topological polar surface area (TPSA) is 50.9 Å². The summed E-state index contributed by atoms with van der Waals surface area (Å²) in [7, 11) is 1.81. The van der Waals surface area contributed by atoms with Crippen LogP contribution in [0.1, 0.15) is 30.7 Å². The molecule has 6 rings (SSSR count). The zero-order valence-electron chi connectivity index (χ0n) is 18.0. The second kappa shape index (κ2) is 6.09. The molecule has 2 aromatic heterocycles. The summed E-state index contributed by atoms with van der Waals surface area (Å²) in [5.41, 5.74) is 7.07.